The number of nitrogens with zero attached hydrogens (tertiary/aromatic N) is 5. The molecule has 34 heavy (non-hydrogen) atoms. The fourth-order valence-corrected chi connectivity index (χ4v) is 5.12. The Hall–Kier alpha value is -3.17. The number of aryl methyl sites for hydroxylation is 1. The van der Waals surface area contributed by atoms with Crippen LogP contribution in [0, 0.1) is 0 Å². The van der Waals surface area contributed by atoms with Gasteiger partial charge in [0, 0.05) is 24.1 Å². The topological polar surface area (TPSA) is 69.5 Å². The monoisotopic (exact) mass is 523 g/mol. The molecule has 0 saturated carbocycles. The quantitative estimate of drug-likeness (QED) is 0.426. The molecule has 176 valence electrons. The van der Waals surface area contributed by atoms with E-state index in [9.17, 15) is 9.59 Å². The Morgan fingerprint density at radius 2 is 1.62 bits per heavy atom. The lowest BCUT2D eigenvalue weighted by molar-refractivity contribution is -0.914. The molecule has 0 radical (unpaired) electrons. The third kappa shape index (κ3) is 4.10. The van der Waals surface area contributed by atoms with Crippen molar-refractivity contribution < 1.29 is 4.90 Å². The molecule has 3 heterocycles. The van der Waals surface area contributed by atoms with Crippen molar-refractivity contribution in [2.24, 2.45) is 14.1 Å². The maximum absolute atomic E-state index is 13.2. The Morgan fingerprint density at radius 1 is 0.941 bits per heavy atom. The number of anilines is 1. The number of piperazine rings is 1. The highest BCUT2D eigenvalue weighted by atomic mass is 79.9. The molecular formula is C25H28BrN6O2+. The second-order valence-electron chi connectivity index (χ2n) is 8.87. The van der Waals surface area contributed by atoms with E-state index in [1.807, 2.05) is 34.9 Å². The number of hydrogen-bond donors (Lipinski definition) is 1. The minimum absolute atomic E-state index is 0.322. The summed E-state index contributed by atoms with van der Waals surface area (Å²) >= 11 is 3.64. The molecule has 2 aromatic heterocycles. The van der Waals surface area contributed by atoms with Gasteiger partial charge in [0.15, 0.2) is 11.2 Å². The number of nitrogens with one attached hydrogen (secondary N) is 1. The molecule has 0 bridgehead atoms. The van der Waals surface area contributed by atoms with E-state index in [0.717, 1.165) is 53.3 Å². The molecule has 0 amide bonds. The van der Waals surface area contributed by atoms with Crippen LogP contribution in [0.25, 0.3) is 11.2 Å². The van der Waals surface area contributed by atoms with Gasteiger partial charge in [-0.15, -0.1) is 0 Å². The van der Waals surface area contributed by atoms with E-state index in [-0.39, 0.29) is 11.2 Å². The van der Waals surface area contributed by atoms with Crippen molar-refractivity contribution in [1.29, 1.82) is 0 Å². The molecule has 5 rings (SSSR count). The maximum Gasteiger partial charge on any atom is 0.332 e. The smallest absolute Gasteiger partial charge is 0.331 e. The molecule has 1 aliphatic heterocycles. The molecular weight excluding hydrogens is 496 g/mol. The molecule has 1 fully saturated rings. The van der Waals surface area contributed by atoms with Gasteiger partial charge in [-0.2, -0.15) is 4.98 Å². The summed E-state index contributed by atoms with van der Waals surface area (Å²) in [6.07, 6.45) is 0. The first-order valence-electron chi connectivity index (χ1n) is 11.5. The second kappa shape index (κ2) is 9.23. The number of hydrogen-bond acceptors (Lipinski definition) is 4. The minimum atomic E-state index is -0.369. The van der Waals surface area contributed by atoms with E-state index in [0.29, 0.717) is 17.7 Å². The SMILES string of the molecule is Cn1c(=O)c2c(nc(N3CC[NH+](Cc4ccccc4)CC3)n2Cc2ccccc2Br)n(C)c1=O. The summed E-state index contributed by atoms with van der Waals surface area (Å²) in [7, 11) is 3.19. The molecule has 2 aromatic carbocycles. The van der Waals surface area contributed by atoms with E-state index in [1.165, 1.54) is 22.1 Å². The highest BCUT2D eigenvalue weighted by Crippen LogP contribution is 2.24. The molecule has 0 spiro atoms. The number of imidazole rings is 1. The van der Waals surface area contributed by atoms with Gasteiger partial charge in [0.1, 0.15) is 6.54 Å². The Morgan fingerprint density at radius 3 is 2.32 bits per heavy atom. The van der Waals surface area contributed by atoms with Crippen molar-refractivity contribution in [2.45, 2.75) is 13.1 Å². The van der Waals surface area contributed by atoms with Crippen molar-refractivity contribution in [1.82, 2.24) is 18.7 Å². The Bertz CT molecular complexity index is 1450. The molecule has 0 unspecified atom stereocenters. The summed E-state index contributed by atoms with van der Waals surface area (Å²) in [6.45, 7) is 5.09. The first kappa shape index (κ1) is 22.6. The number of quaternary nitrogens is 1. The van der Waals surface area contributed by atoms with Crippen LogP contribution < -0.4 is 21.0 Å². The lowest BCUT2D eigenvalue weighted by Crippen LogP contribution is -3.13. The molecule has 8 nitrogen and oxygen atoms in total. The van der Waals surface area contributed by atoms with E-state index >= 15 is 0 Å². The van der Waals surface area contributed by atoms with E-state index in [1.54, 1.807) is 7.05 Å². The van der Waals surface area contributed by atoms with Crippen LogP contribution in [-0.2, 0) is 27.2 Å². The third-order valence-corrected chi connectivity index (χ3v) is 7.44. The van der Waals surface area contributed by atoms with Gasteiger partial charge in [-0.05, 0) is 11.6 Å². The van der Waals surface area contributed by atoms with Gasteiger partial charge >= 0.3 is 5.69 Å². The molecule has 1 N–H and O–H groups in total. The van der Waals surface area contributed by atoms with Gasteiger partial charge in [-0.25, -0.2) is 4.79 Å². The number of benzene rings is 2. The van der Waals surface area contributed by atoms with E-state index < -0.39 is 0 Å². The lowest BCUT2D eigenvalue weighted by Gasteiger charge is -2.33. The Kier molecular flexibility index (Phi) is 6.14. The number of halogens is 1. The van der Waals surface area contributed by atoms with Crippen LogP contribution in [0.5, 0.6) is 0 Å². The van der Waals surface area contributed by atoms with E-state index in [4.69, 9.17) is 4.98 Å². The lowest BCUT2D eigenvalue weighted by atomic mass is 10.2. The van der Waals surface area contributed by atoms with Gasteiger partial charge < -0.3 is 9.80 Å². The summed E-state index contributed by atoms with van der Waals surface area (Å²) < 4.78 is 5.57. The predicted octanol–water partition coefficient (Wildman–Crippen LogP) is 1.15. The van der Waals surface area contributed by atoms with Gasteiger partial charge in [0.2, 0.25) is 5.95 Å². The summed E-state index contributed by atoms with van der Waals surface area (Å²) in [5, 5.41) is 0. The Balaban J connectivity index is 1.52. The molecule has 9 heteroatoms. The number of fused-ring (bicyclic) bond motifs is 1. The molecule has 1 aliphatic rings. The third-order valence-electron chi connectivity index (χ3n) is 6.66. The van der Waals surface area contributed by atoms with Gasteiger partial charge in [-0.3, -0.25) is 18.5 Å². The number of aromatic nitrogens is 4. The zero-order chi connectivity index (χ0) is 23.8. The van der Waals surface area contributed by atoms with Crippen molar-refractivity contribution in [2.75, 3.05) is 31.1 Å². The first-order chi connectivity index (χ1) is 16.4. The molecule has 4 aromatic rings. The molecule has 1 saturated heterocycles. The van der Waals surface area contributed by atoms with E-state index in [2.05, 4.69) is 45.1 Å². The largest absolute Gasteiger partial charge is 0.332 e. The number of rotatable bonds is 5. The summed E-state index contributed by atoms with van der Waals surface area (Å²) in [4.78, 5) is 34.4. The Labute approximate surface area is 205 Å². The van der Waals surface area contributed by atoms with Crippen LogP contribution in [-0.4, -0.2) is 44.9 Å². The second-order valence-corrected chi connectivity index (χ2v) is 9.72. The maximum atomic E-state index is 13.2. The van der Waals surface area contributed by atoms with Crippen LogP contribution in [0.15, 0.2) is 68.7 Å². The highest BCUT2D eigenvalue weighted by molar-refractivity contribution is 9.10. The fraction of sp³-hybridized carbons (Fsp3) is 0.320. The van der Waals surface area contributed by atoms with Crippen LogP contribution >= 0.6 is 15.9 Å². The summed E-state index contributed by atoms with van der Waals surface area (Å²) in [5.74, 6) is 0.739. The standard InChI is InChI=1S/C25H27BrN6O2/c1-28-22-21(23(33)29(2)25(28)34)32(17-19-10-6-7-11-20(19)26)24(27-22)31-14-12-30(13-15-31)16-18-8-4-3-5-9-18/h3-11H,12-17H2,1-2H3/p+1. The summed E-state index contributed by atoms with van der Waals surface area (Å²) in [5.41, 5.74) is 2.57. The van der Waals surface area contributed by atoms with Crippen LogP contribution in [0.4, 0.5) is 5.95 Å². The van der Waals surface area contributed by atoms with Crippen LogP contribution in [0.3, 0.4) is 0 Å². The molecule has 0 atom stereocenters. The van der Waals surface area contributed by atoms with Crippen molar-refractivity contribution >= 4 is 33.0 Å². The van der Waals surface area contributed by atoms with Crippen molar-refractivity contribution in [3.8, 4) is 0 Å². The van der Waals surface area contributed by atoms with Crippen molar-refractivity contribution in [3.63, 3.8) is 0 Å². The average molecular weight is 524 g/mol. The first-order valence-corrected chi connectivity index (χ1v) is 12.3. The van der Waals surface area contributed by atoms with Crippen LogP contribution in [0.2, 0.25) is 0 Å². The molecule has 0 aliphatic carbocycles. The fourth-order valence-electron chi connectivity index (χ4n) is 4.71. The zero-order valence-corrected chi connectivity index (χ0v) is 21.0. The zero-order valence-electron chi connectivity index (χ0n) is 19.4. The average Bonchev–Trinajstić information content (AvgIpc) is 3.23. The van der Waals surface area contributed by atoms with Gasteiger partial charge in [0.05, 0.1) is 32.7 Å². The predicted molar refractivity (Wildman–Crippen MR) is 137 cm³/mol. The van der Waals surface area contributed by atoms with Gasteiger partial charge in [0.25, 0.3) is 5.56 Å². The summed E-state index contributed by atoms with van der Waals surface area (Å²) in [6, 6.07) is 18.5. The highest BCUT2D eigenvalue weighted by Gasteiger charge is 2.27. The van der Waals surface area contributed by atoms with Crippen LogP contribution in [0.1, 0.15) is 11.1 Å². The van der Waals surface area contributed by atoms with Gasteiger partial charge in [-0.1, -0.05) is 64.5 Å². The minimum Gasteiger partial charge on any atom is -0.331 e. The normalized spacial score (nSPS) is 14.7. The van der Waals surface area contributed by atoms with Crippen molar-refractivity contribution in [3.05, 3.63) is 91.0 Å².